The second-order valence-electron chi connectivity index (χ2n) is 2.76. The molecular weight excluding hydrogens is 130 g/mol. The number of hydrogen-bond donors (Lipinski definition) is 2. The quantitative estimate of drug-likeness (QED) is 0.513. The Morgan fingerprint density at radius 1 is 1.80 bits per heavy atom. The standard InChI is InChI=1S/C6H13N3O/c1-9-3-2-5(4-9)8-6(7)10/h5H,2-4H2,1H3,(H3,7,8,10)/t5-/m1/s1. The molecule has 0 aromatic rings. The van der Waals surface area contributed by atoms with Gasteiger partial charge in [-0.05, 0) is 20.0 Å². The second kappa shape index (κ2) is 2.88. The molecule has 4 nitrogen and oxygen atoms in total. The summed E-state index contributed by atoms with van der Waals surface area (Å²) in [5.41, 5.74) is 4.95. The highest BCUT2D eigenvalue weighted by molar-refractivity contribution is 5.72. The molecule has 1 aliphatic rings. The van der Waals surface area contributed by atoms with E-state index in [0.29, 0.717) is 0 Å². The summed E-state index contributed by atoms with van der Waals surface area (Å²) in [4.78, 5) is 12.5. The average molecular weight is 143 g/mol. The number of likely N-dealkylation sites (tertiary alicyclic amines) is 1. The number of nitrogens with zero attached hydrogens (tertiary/aromatic N) is 1. The molecule has 1 aliphatic heterocycles. The van der Waals surface area contributed by atoms with Crippen molar-refractivity contribution in [1.82, 2.24) is 10.2 Å². The fourth-order valence-electron chi connectivity index (χ4n) is 1.25. The van der Waals surface area contributed by atoms with E-state index < -0.39 is 6.03 Å². The minimum absolute atomic E-state index is 0.266. The van der Waals surface area contributed by atoms with Crippen LogP contribution >= 0.6 is 0 Å². The van der Waals surface area contributed by atoms with E-state index in [-0.39, 0.29) is 6.04 Å². The first-order chi connectivity index (χ1) is 4.68. The zero-order chi connectivity index (χ0) is 7.56. The first-order valence-corrected chi connectivity index (χ1v) is 3.43. The SMILES string of the molecule is CN1CC[C@@H](NC(N)=O)C1. The summed E-state index contributed by atoms with van der Waals surface area (Å²) in [5, 5.41) is 2.67. The Morgan fingerprint density at radius 3 is 2.90 bits per heavy atom. The van der Waals surface area contributed by atoms with Gasteiger partial charge >= 0.3 is 6.03 Å². The lowest BCUT2D eigenvalue weighted by atomic mass is 10.3. The molecule has 0 saturated carbocycles. The van der Waals surface area contributed by atoms with Crippen molar-refractivity contribution < 1.29 is 4.79 Å². The highest BCUT2D eigenvalue weighted by Gasteiger charge is 2.19. The molecule has 0 unspecified atom stereocenters. The summed E-state index contributed by atoms with van der Waals surface area (Å²) in [6.45, 7) is 1.97. The normalized spacial score (nSPS) is 26.7. The monoisotopic (exact) mass is 143 g/mol. The number of carbonyl (C=O) groups is 1. The minimum atomic E-state index is -0.416. The maximum absolute atomic E-state index is 10.4. The van der Waals surface area contributed by atoms with Crippen molar-refractivity contribution in [2.24, 2.45) is 5.73 Å². The number of primary amides is 1. The first kappa shape index (κ1) is 7.34. The Balaban J connectivity index is 2.24. The summed E-state index contributed by atoms with van der Waals surface area (Å²) in [6.07, 6.45) is 1.01. The van der Waals surface area contributed by atoms with E-state index >= 15 is 0 Å². The molecule has 0 aromatic carbocycles. The molecule has 1 rings (SSSR count). The third-order valence-corrected chi connectivity index (χ3v) is 1.74. The van der Waals surface area contributed by atoms with E-state index in [2.05, 4.69) is 10.2 Å². The number of urea groups is 1. The van der Waals surface area contributed by atoms with Crippen LogP contribution in [-0.4, -0.2) is 37.1 Å². The molecule has 1 fully saturated rings. The van der Waals surface area contributed by atoms with Gasteiger partial charge in [0.2, 0.25) is 0 Å². The maximum Gasteiger partial charge on any atom is 0.312 e. The molecule has 2 amide bonds. The Kier molecular flexibility index (Phi) is 2.11. The van der Waals surface area contributed by atoms with Gasteiger partial charge in [-0.1, -0.05) is 0 Å². The average Bonchev–Trinajstić information content (AvgIpc) is 2.13. The van der Waals surface area contributed by atoms with Gasteiger partial charge in [0, 0.05) is 12.6 Å². The zero-order valence-corrected chi connectivity index (χ0v) is 6.13. The van der Waals surface area contributed by atoms with Crippen molar-refractivity contribution in [3.8, 4) is 0 Å². The Bertz CT molecular complexity index is 137. The third kappa shape index (κ3) is 1.88. The van der Waals surface area contributed by atoms with Gasteiger partial charge in [0.15, 0.2) is 0 Å². The molecular formula is C6H13N3O. The van der Waals surface area contributed by atoms with Gasteiger partial charge in [0.25, 0.3) is 0 Å². The molecule has 1 heterocycles. The highest BCUT2D eigenvalue weighted by Crippen LogP contribution is 2.04. The van der Waals surface area contributed by atoms with Gasteiger partial charge in [0.1, 0.15) is 0 Å². The van der Waals surface area contributed by atoms with Crippen LogP contribution in [0.2, 0.25) is 0 Å². The van der Waals surface area contributed by atoms with Crippen molar-refractivity contribution in [2.75, 3.05) is 20.1 Å². The van der Waals surface area contributed by atoms with E-state index in [4.69, 9.17) is 5.73 Å². The van der Waals surface area contributed by atoms with Crippen molar-refractivity contribution >= 4 is 6.03 Å². The van der Waals surface area contributed by atoms with Crippen LogP contribution in [0.3, 0.4) is 0 Å². The van der Waals surface area contributed by atoms with Crippen molar-refractivity contribution in [1.29, 1.82) is 0 Å². The lowest BCUT2D eigenvalue weighted by Crippen LogP contribution is -2.39. The van der Waals surface area contributed by atoms with Crippen LogP contribution in [0.15, 0.2) is 0 Å². The highest BCUT2D eigenvalue weighted by atomic mass is 16.2. The summed E-state index contributed by atoms with van der Waals surface area (Å²) >= 11 is 0. The molecule has 58 valence electrons. The van der Waals surface area contributed by atoms with Crippen LogP contribution in [0.4, 0.5) is 4.79 Å². The topological polar surface area (TPSA) is 58.4 Å². The number of carbonyl (C=O) groups excluding carboxylic acids is 1. The molecule has 1 saturated heterocycles. The van der Waals surface area contributed by atoms with Gasteiger partial charge in [-0.15, -0.1) is 0 Å². The number of rotatable bonds is 1. The smallest absolute Gasteiger partial charge is 0.312 e. The Labute approximate surface area is 60.4 Å². The van der Waals surface area contributed by atoms with E-state index in [0.717, 1.165) is 19.5 Å². The largest absolute Gasteiger partial charge is 0.352 e. The van der Waals surface area contributed by atoms with Crippen LogP contribution in [0.5, 0.6) is 0 Å². The summed E-state index contributed by atoms with van der Waals surface area (Å²) < 4.78 is 0. The minimum Gasteiger partial charge on any atom is -0.352 e. The van der Waals surface area contributed by atoms with E-state index in [1.165, 1.54) is 0 Å². The fourth-order valence-corrected chi connectivity index (χ4v) is 1.25. The number of likely N-dealkylation sites (N-methyl/N-ethyl adjacent to an activating group) is 1. The molecule has 0 radical (unpaired) electrons. The van der Waals surface area contributed by atoms with Gasteiger partial charge < -0.3 is 16.0 Å². The molecule has 4 heteroatoms. The van der Waals surface area contributed by atoms with E-state index in [9.17, 15) is 4.79 Å². The van der Waals surface area contributed by atoms with Crippen LogP contribution in [-0.2, 0) is 0 Å². The summed E-state index contributed by atoms with van der Waals surface area (Å²) in [6, 6.07) is -0.150. The summed E-state index contributed by atoms with van der Waals surface area (Å²) in [5.74, 6) is 0. The molecule has 3 N–H and O–H groups in total. The van der Waals surface area contributed by atoms with Gasteiger partial charge in [0.05, 0.1) is 0 Å². The van der Waals surface area contributed by atoms with Crippen LogP contribution in [0.25, 0.3) is 0 Å². The molecule has 0 bridgehead atoms. The molecule has 0 spiro atoms. The van der Waals surface area contributed by atoms with E-state index in [1.54, 1.807) is 0 Å². The zero-order valence-electron chi connectivity index (χ0n) is 6.13. The first-order valence-electron chi connectivity index (χ1n) is 3.43. The predicted octanol–water partition coefficient (Wildman–Crippen LogP) is -0.641. The number of nitrogens with two attached hydrogens (primary N) is 1. The number of nitrogens with one attached hydrogen (secondary N) is 1. The van der Waals surface area contributed by atoms with Crippen LogP contribution in [0.1, 0.15) is 6.42 Å². The second-order valence-corrected chi connectivity index (χ2v) is 2.76. The molecule has 1 atom stereocenters. The van der Waals surface area contributed by atoms with E-state index in [1.807, 2.05) is 7.05 Å². The Hall–Kier alpha value is -0.770. The number of hydrogen-bond acceptors (Lipinski definition) is 2. The van der Waals surface area contributed by atoms with Crippen LogP contribution < -0.4 is 11.1 Å². The predicted molar refractivity (Wildman–Crippen MR) is 38.6 cm³/mol. The van der Waals surface area contributed by atoms with Crippen molar-refractivity contribution in [2.45, 2.75) is 12.5 Å². The number of amides is 2. The molecule has 0 aromatic heterocycles. The van der Waals surface area contributed by atoms with Crippen molar-refractivity contribution in [3.63, 3.8) is 0 Å². The van der Waals surface area contributed by atoms with Crippen molar-refractivity contribution in [3.05, 3.63) is 0 Å². The molecule has 0 aliphatic carbocycles. The van der Waals surface area contributed by atoms with Crippen LogP contribution in [0, 0.1) is 0 Å². The lowest BCUT2D eigenvalue weighted by Gasteiger charge is -2.09. The summed E-state index contributed by atoms with van der Waals surface area (Å²) in [7, 11) is 2.03. The third-order valence-electron chi connectivity index (χ3n) is 1.74. The fraction of sp³-hybridized carbons (Fsp3) is 0.833. The van der Waals surface area contributed by atoms with Gasteiger partial charge in [-0.2, -0.15) is 0 Å². The van der Waals surface area contributed by atoms with Gasteiger partial charge in [-0.3, -0.25) is 0 Å². The van der Waals surface area contributed by atoms with Gasteiger partial charge in [-0.25, -0.2) is 4.79 Å². The lowest BCUT2D eigenvalue weighted by molar-refractivity contribution is 0.245. The Morgan fingerprint density at radius 2 is 2.50 bits per heavy atom. The molecule has 10 heavy (non-hydrogen) atoms. The maximum atomic E-state index is 10.4.